The van der Waals surface area contributed by atoms with E-state index in [9.17, 15) is 9.90 Å². The van der Waals surface area contributed by atoms with Crippen LogP contribution < -0.4 is 11.3 Å². The second-order valence-corrected chi connectivity index (χ2v) is 6.12. The highest BCUT2D eigenvalue weighted by Crippen LogP contribution is 2.20. The summed E-state index contributed by atoms with van der Waals surface area (Å²) in [6.45, 7) is 4.78. The van der Waals surface area contributed by atoms with Gasteiger partial charge in [0.05, 0.1) is 5.60 Å². The number of carbonyl (C=O) groups excluding carboxylic acids is 1. The molecule has 0 bridgehead atoms. The third kappa shape index (κ3) is 5.28. The van der Waals surface area contributed by atoms with Crippen LogP contribution in [0.3, 0.4) is 0 Å². The van der Waals surface area contributed by atoms with Crippen LogP contribution >= 0.6 is 15.9 Å². The Morgan fingerprint density at radius 1 is 1.53 bits per heavy atom. The van der Waals surface area contributed by atoms with Gasteiger partial charge in [-0.15, -0.1) is 0 Å². The molecule has 0 radical (unpaired) electrons. The summed E-state index contributed by atoms with van der Waals surface area (Å²) in [6, 6.07) is 5.32. The Balaban J connectivity index is 2.78. The SMILES string of the molecule is CN(Cc1ccc(C(=O)NN)cc1Br)CC(C)(C)O. The van der Waals surface area contributed by atoms with E-state index in [4.69, 9.17) is 5.84 Å². The Kier molecular flexibility index (Phi) is 5.49. The van der Waals surface area contributed by atoms with Gasteiger partial charge in [-0.2, -0.15) is 0 Å². The van der Waals surface area contributed by atoms with Crippen LogP contribution in [-0.2, 0) is 6.54 Å². The predicted molar refractivity (Wildman–Crippen MR) is 78.4 cm³/mol. The molecule has 0 saturated carbocycles. The fraction of sp³-hybridized carbons (Fsp3) is 0.462. The molecule has 0 atom stereocenters. The van der Waals surface area contributed by atoms with Crippen molar-refractivity contribution in [2.75, 3.05) is 13.6 Å². The van der Waals surface area contributed by atoms with E-state index in [1.54, 1.807) is 26.0 Å². The lowest BCUT2D eigenvalue weighted by atomic mass is 10.1. The molecule has 0 unspecified atom stereocenters. The Morgan fingerprint density at radius 3 is 2.63 bits per heavy atom. The Hall–Kier alpha value is -0.950. The van der Waals surface area contributed by atoms with Gasteiger partial charge in [-0.1, -0.05) is 22.0 Å². The summed E-state index contributed by atoms with van der Waals surface area (Å²) < 4.78 is 0.844. The van der Waals surface area contributed by atoms with E-state index in [0.29, 0.717) is 18.7 Å². The van der Waals surface area contributed by atoms with Gasteiger partial charge in [0.1, 0.15) is 0 Å². The van der Waals surface area contributed by atoms with Gasteiger partial charge in [-0.3, -0.25) is 15.1 Å². The van der Waals surface area contributed by atoms with Gasteiger partial charge in [0.15, 0.2) is 0 Å². The van der Waals surface area contributed by atoms with Crippen molar-refractivity contribution in [2.45, 2.75) is 26.0 Å². The second kappa shape index (κ2) is 6.47. The summed E-state index contributed by atoms with van der Waals surface area (Å²) in [7, 11) is 1.94. The highest BCUT2D eigenvalue weighted by atomic mass is 79.9. The average molecular weight is 330 g/mol. The van der Waals surface area contributed by atoms with Crippen LogP contribution in [0, 0.1) is 0 Å². The van der Waals surface area contributed by atoms with Crippen LogP contribution in [0.2, 0.25) is 0 Å². The van der Waals surface area contributed by atoms with Gasteiger partial charge >= 0.3 is 0 Å². The number of nitrogens with two attached hydrogens (primary N) is 1. The lowest BCUT2D eigenvalue weighted by molar-refractivity contribution is 0.0424. The zero-order chi connectivity index (χ0) is 14.6. The molecule has 0 saturated heterocycles. The number of hydrogen-bond donors (Lipinski definition) is 3. The van der Waals surface area contributed by atoms with Crippen molar-refractivity contribution in [1.29, 1.82) is 0 Å². The van der Waals surface area contributed by atoms with E-state index in [1.165, 1.54) is 0 Å². The molecule has 19 heavy (non-hydrogen) atoms. The van der Waals surface area contributed by atoms with Gasteiger partial charge in [-0.05, 0) is 38.6 Å². The van der Waals surface area contributed by atoms with Crippen LogP contribution in [0.15, 0.2) is 22.7 Å². The lowest BCUT2D eigenvalue weighted by Crippen LogP contribution is -2.35. The van der Waals surface area contributed by atoms with Gasteiger partial charge in [0.25, 0.3) is 5.91 Å². The van der Waals surface area contributed by atoms with Crippen molar-refractivity contribution in [1.82, 2.24) is 10.3 Å². The minimum atomic E-state index is -0.736. The zero-order valence-corrected chi connectivity index (χ0v) is 13.0. The summed E-state index contributed by atoms with van der Waals surface area (Å²) >= 11 is 3.44. The van der Waals surface area contributed by atoms with Gasteiger partial charge < -0.3 is 5.11 Å². The molecule has 0 heterocycles. The molecule has 1 aromatic rings. The summed E-state index contributed by atoms with van der Waals surface area (Å²) in [5, 5.41) is 9.76. The number of nitrogens with one attached hydrogen (secondary N) is 1. The molecule has 1 aromatic carbocycles. The van der Waals surface area contributed by atoms with Crippen molar-refractivity contribution in [3.8, 4) is 0 Å². The quantitative estimate of drug-likeness (QED) is 0.431. The van der Waals surface area contributed by atoms with Crippen LogP contribution in [0.5, 0.6) is 0 Å². The molecule has 4 N–H and O–H groups in total. The maximum Gasteiger partial charge on any atom is 0.265 e. The number of halogens is 1. The van der Waals surface area contributed by atoms with E-state index in [0.717, 1.165) is 10.0 Å². The minimum absolute atomic E-state index is 0.322. The first-order valence-corrected chi connectivity index (χ1v) is 6.72. The number of nitrogens with zero attached hydrogens (tertiary/aromatic N) is 1. The van der Waals surface area contributed by atoms with Crippen LogP contribution in [0.25, 0.3) is 0 Å². The first-order valence-electron chi connectivity index (χ1n) is 5.93. The van der Waals surface area contributed by atoms with Crippen LogP contribution in [0.4, 0.5) is 0 Å². The molecule has 5 nitrogen and oxygen atoms in total. The van der Waals surface area contributed by atoms with Crippen molar-refractivity contribution in [3.05, 3.63) is 33.8 Å². The minimum Gasteiger partial charge on any atom is -0.389 e. The first kappa shape index (κ1) is 16.1. The Bertz CT molecular complexity index is 458. The van der Waals surface area contributed by atoms with Gasteiger partial charge in [-0.25, -0.2) is 5.84 Å². The lowest BCUT2D eigenvalue weighted by Gasteiger charge is -2.25. The molecule has 1 rings (SSSR count). The number of rotatable bonds is 5. The highest BCUT2D eigenvalue weighted by molar-refractivity contribution is 9.10. The molecule has 0 fully saturated rings. The number of amides is 1. The Labute approximate surface area is 121 Å². The molecule has 6 heteroatoms. The third-order valence-corrected chi connectivity index (χ3v) is 3.28. The smallest absolute Gasteiger partial charge is 0.265 e. The van der Waals surface area contributed by atoms with Gasteiger partial charge in [0.2, 0.25) is 0 Å². The molecule has 0 aliphatic rings. The highest BCUT2D eigenvalue weighted by Gasteiger charge is 2.16. The van der Waals surface area contributed by atoms with E-state index in [2.05, 4.69) is 21.4 Å². The molecule has 106 valence electrons. The molecular formula is C13H20BrN3O2. The Morgan fingerprint density at radius 2 is 2.16 bits per heavy atom. The van der Waals surface area contributed by atoms with E-state index < -0.39 is 5.60 Å². The van der Waals surface area contributed by atoms with E-state index in [-0.39, 0.29) is 5.91 Å². The normalized spacial score (nSPS) is 11.7. The molecule has 0 aliphatic heterocycles. The third-order valence-electron chi connectivity index (χ3n) is 2.54. The molecule has 1 amide bonds. The van der Waals surface area contributed by atoms with Crippen LogP contribution in [-0.4, -0.2) is 35.1 Å². The van der Waals surface area contributed by atoms with Crippen molar-refractivity contribution in [2.24, 2.45) is 5.84 Å². The van der Waals surface area contributed by atoms with Crippen molar-refractivity contribution < 1.29 is 9.90 Å². The predicted octanol–water partition coefficient (Wildman–Crippen LogP) is 1.26. The topological polar surface area (TPSA) is 78.6 Å². The van der Waals surface area contributed by atoms with Crippen LogP contribution in [0.1, 0.15) is 29.8 Å². The number of likely N-dealkylation sites (N-methyl/N-ethyl adjacent to an activating group) is 1. The average Bonchev–Trinajstić information content (AvgIpc) is 2.28. The fourth-order valence-corrected chi connectivity index (χ4v) is 2.41. The number of hydrogen-bond acceptors (Lipinski definition) is 4. The monoisotopic (exact) mass is 329 g/mol. The second-order valence-electron chi connectivity index (χ2n) is 5.26. The zero-order valence-electron chi connectivity index (χ0n) is 11.4. The van der Waals surface area contributed by atoms with Gasteiger partial charge in [0, 0.05) is 23.1 Å². The molecule has 0 aliphatic carbocycles. The number of nitrogen functional groups attached to an aromatic ring is 1. The first-order chi connectivity index (χ1) is 8.73. The summed E-state index contributed by atoms with van der Waals surface area (Å²) in [4.78, 5) is 13.4. The number of benzene rings is 1. The summed E-state index contributed by atoms with van der Waals surface area (Å²) in [6.07, 6.45) is 0. The maximum atomic E-state index is 11.4. The van der Waals surface area contributed by atoms with E-state index in [1.807, 2.05) is 18.0 Å². The number of aliphatic hydroxyl groups is 1. The largest absolute Gasteiger partial charge is 0.389 e. The standard InChI is InChI=1S/C13H20BrN3O2/c1-13(2,19)8-17(3)7-10-5-4-9(6-11(10)14)12(18)16-15/h4-6,19H,7-8,15H2,1-3H3,(H,16,18). The van der Waals surface area contributed by atoms with Crippen molar-refractivity contribution >= 4 is 21.8 Å². The van der Waals surface area contributed by atoms with Crippen molar-refractivity contribution in [3.63, 3.8) is 0 Å². The molecular weight excluding hydrogens is 310 g/mol. The number of hydrazine groups is 1. The summed E-state index contributed by atoms with van der Waals surface area (Å²) in [5.41, 5.74) is 2.91. The van der Waals surface area contributed by atoms with E-state index >= 15 is 0 Å². The number of carbonyl (C=O) groups is 1. The molecule has 0 spiro atoms. The molecule has 0 aromatic heterocycles. The maximum absolute atomic E-state index is 11.4. The fourth-order valence-electron chi connectivity index (χ4n) is 1.91. The summed E-state index contributed by atoms with van der Waals surface area (Å²) in [5.74, 6) is 4.77.